The van der Waals surface area contributed by atoms with E-state index in [0.29, 0.717) is 24.2 Å². The van der Waals surface area contributed by atoms with E-state index in [1.165, 1.54) is 25.0 Å². The highest BCUT2D eigenvalue weighted by atomic mass is 19.1. The second-order valence-corrected chi connectivity index (χ2v) is 11.7. The number of carbonyl (C=O) groups excluding carboxylic acids is 1. The summed E-state index contributed by atoms with van der Waals surface area (Å²) >= 11 is 0. The monoisotopic (exact) mass is 492 g/mol. The van der Waals surface area contributed by atoms with Gasteiger partial charge in [-0.05, 0) is 80.3 Å². The number of likely N-dealkylation sites (tertiary alicyclic amines) is 1. The van der Waals surface area contributed by atoms with Crippen molar-refractivity contribution >= 4 is 5.91 Å². The molecule has 2 saturated carbocycles. The van der Waals surface area contributed by atoms with Crippen LogP contribution in [0.4, 0.5) is 4.39 Å². The van der Waals surface area contributed by atoms with Gasteiger partial charge in [-0.15, -0.1) is 0 Å². The van der Waals surface area contributed by atoms with Crippen molar-refractivity contribution in [3.63, 3.8) is 0 Å². The van der Waals surface area contributed by atoms with Crippen molar-refractivity contribution in [3.05, 3.63) is 58.9 Å². The molecule has 0 radical (unpaired) electrons. The van der Waals surface area contributed by atoms with Crippen LogP contribution in [0, 0.1) is 11.7 Å². The number of phenols is 1. The maximum Gasteiger partial charge on any atom is 0.227 e. The molecule has 2 aliphatic heterocycles. The minimum atomic E-state index is -0.972. The maximum atomic E-state index is 13.7. The zero-order valence-electron chi connectivity index (χ0n) is 20.6. The van der Waals surface area contributed by atoms with Crippen LogP contribution in [0.5, 0.6) is 11.5 Å². The topological polar surface area (TPSA) is 73.2 Å². The molecule has 190 valence electrons. The fourth-order valence-electron chi connectivity index (χ4n) is 7.98. The van der Waals surface area contributed by atoms with Crippen LogP contribution in [0.3, 0.4) is 0 Å². The molecule has 2 aromatic rings. The summed E-state index contributed by atoms with van der Waals surface area (Å²) in [7, 11) is 1.79. The number of aliphatic hydroxyl groups is 1. The number of ether oxygens (including phenoxy) is 1. The second-order valence-electron chi connectivity index (χ2n) is 11.7. The Morgan fingerprint density at radius 2 is 2.06 bits per heavy atom. The third-order valence-corrected chi connectivity index (χ3v) is 9.87. The largest absolute Gasteiger partial charge is 0.504 e. The molecule has 7 rings (SSSR count). The van der Waals surface area contributed by atoms with Crippen molar-refractivity contribution in [3.8, 4) is 11.5 Å². The van der Waals surface area contributed by atoms with Crippen LogP contribution < -0.4 is 4.74 Å². The number of benzene rings is 2. The molecule has 1 spiro atoms. The summed E-state index contributed by atoms with van der Waals surface area (Å²) in [5.74, 6) is 0.871. The first-order valence-corrected chi connectivity index (χ1v) is 13.3. The molecular formula is C29H33FN2O4. The van der Waals surface area contributed by atoms with Crippen LogP contribution in [0.1, 0.15) is 48.8 Å². The van der Waals surface area contributed by atoms with Gasteiger partial charge in [0.1, 0.15) is 11.9 Å². The number of rotatable bonds is 5. The third-order valence-electron chi connectivity index (χ3n) is 9.87. The quantitative estimate of drug-likeness (QED) is 0.671. The summed E-state index contributed by atoms with van der Waals surface area (Å²) in [6.45, 7) is 1.91. The zero-order chi connectivity index (χ0) is 24.8. The molecular weight excluding hydrogens is 459 g/mol. The predicted octanol–water partition coefficient (Wildman–Crippen LogP) is 3.17. The highest BCUT2D eigenvalue weighted by Crippen LogP contribution is 2.66. The van der Waals surface area contributed by atoms with E-state index in [-0.39, 0.29) is 36.0 Å². The zero-order valence-corrected chi connectivity index (χ0v) is 20.6. The Kier molecular flexibility index (Phi) is 4.81. The summed E-state index contributed by atoms with van der Waals surface area (Å²) in [5, 5.41) is 23.4. The lowest BCUT2D eigenvalue weighted by atomic mass is 9.48. The molecule has 0 aromatic heterocycles. The maximum absolute atomic E-state index is 13.7. The van der Waals surface area contributed by atoms with Gasteiger partial charge in [0.25, 0.3) is 0 Å². The van der Waals surface area contributed by atoms with Crippen LogP contribution in [0.25, 0.3) is 0 Å². The van der Waals surface area contributed by atoms with E-state index in [2.05, 4.69) is 4.90 Å². The molecule has 3 aliphatic carbocycles. The van der Waals surface area contributed by atoms with Gasteiger partial charge in [-0.3, -0.25) is 9.69 Å². The number of carbonyl (C=O) groups is 1. The number of nitrogens with zero attached hydrogens (tertiary/aromatic N) is 2. The lowest BCUT2D eigenvalue weighted by Crippen LogP contribution is -2.78. The molecule has 7 heteroatoms. The summed E-state index contributed by atoms with van der Waals surface area (Å²) in [6, 6.07) is 9.63. The van der Waals surface area contributed by atoms with E-state index < -0.39 is 17.1 Å². The number of halogens is 1. The van der Waals surface area contributed by atoms with E-state index in [0.717, 1.165) is 43.0 Å². The smallest absolute Gasteiger partial charge is 0.227 e. The van der Waals surface area contributed by atoms with Gasteiger partial charge < -0.3 is 19.8 Å². The van der Waals surface area contributed by atoms with Gasteiger partial charge in [0.05, 0.1) is 23.5 Å². The van der Waals surface area contributed by atoms with Gasteiger partial charge in [-0.2, -0.15) is 0 Å². The number of aromatic hydroxyl groups is 1. The van der Waals surface area contributed by atoms with Crippen LogP contribution >= 0.6 is 0 Å². The van der Waals surface area contributed by atoms with E-state index in [1.807, 2.05) is 6.07 Å². The van der Waals surface area contributed by atoms with E-state index in [1.54, 1.807) is 30.1 Å². The Balaban J connectivity index is 1.26. The molecule has 36 heavy (non-hydrogen) atoms. The lowest BCUT2D eigenvalue weighted by Gasteiger charge is -2.64. The minimum Gasteiger partial charge on any atom is -0.504 e. The van der Waals surface area contributed by atoms with Crippen LogP contribution in [0.2, 0.25) is 0 Å². The SMILES string of the molecule is CN(C(=O)Cc1cccc(F)c1)[C@@H]1CC[C@@]2(O)[C@H]3Cc4ccc(O)c5c4[C@@]2(CCN3CC2CC2)[C@H]1O5. The number of amides is 1. The Morgan fingerprint density at radius 3 is 2.83 bits per heavy atom. The molecule has 5 atom stereocenters. The number of likely N-dealkylation sites (N-methyl/N-ethyl adjacent to an activating group) is 1. The second kappa shape index (κ2) is 7.68. The van der Waals surface area contributed by atoms with Crippen molar-refractivity contribution in [2.45, 2.75) is 74.1 Å². The fourth-order valence-corrected chi connectivity index (χ4v) is 7.98. The van der Waals surface area contributed by atoms with Gasteiger partial charge in [-0.1, -0.05) is 18.2 Å². The van der Waals surface area contributed by atoms with Crippen molar-refractivity contribution < 1.29 is 24.1 Å². The van der Waals surface area contributed by atoms with Crippen molar-refractivity contribution in [1.29, 1.82) is 0 Å². The van der Waals surface area contributed by atoms with Gasteiger partial charge in [-0.25, -0.2) is 4.39 Å². The summed E-state index contributed by atoms with van der Waals surface area (Å²) in [4.78, 5) is 17.6. The Labute approximate surface area is 210 Å². The van der Waals surface area contributed by atoms with Crippen molar-refractivity contribution in [2.75, 3.05) is 20.1 Å². The molecule has 1 amide bonds. The third kappa shape index (κ3) is 2.99. The molecule has 2 aromatic carbocycles. The summed E-state index contributed by atoms with van der Waals surface area (Å²) in [5.41, 5.74) is 1.12. The average molecular weight is 493 g/mol. The van der Waals surface area contributed by atoms with Gasteiger partial charge >= 0.3 is 0 Å². The van der Waals surface area contributed by atoms with E-state index in [4.69, 9.17) is 4.74 Å². The Morgan fingerprint density at radius 1 is 1.22 bits per heavy atom. The molecule has 3 fully saturated rings. The highest BCUT2D eigenvalue weighted by Gasteiger charge is 2.73. The fraction of sp³-hybridized carbons (Fsp3) is 0.552. The predicted molar refractivity (Wildman–Crippen MR) is 131 cm³/mol. The molecule has 6 nitrogen and oxygen atoms in total. The average Bonchev–Trinajstić information content (AvgIpc) is 3.59. The molecule has 5 aliphatic rings. The number of piperidine rings is 1. The standard InChI is InChI=1S/C29H33FN2O4/c1-31(24(34)14-18-3-2-4-20(30)13-18)21-9-10-29(35)23-15-19-7-8-22(33)26-25(19)28(29,27(21)36-26)11-12-32(23)16-17-5-6-17/h2-4,7-8,13,17,21,23,27,33,35H,5-6,9-12,14-16H2,1H3/t21-,23-,27+,28+,29-/m1/s1. The molecule has 2 heterocycles. The van der Waals surface area contributed by atoms with Gasteiger partial charge in [0.2, 0.25) is 5.91 Å². The Bertz CT molecular complexity index is 1250. The highest BCUT2D eigenvalue weighted by molar-refractivity contribution is 5.79. The van der Waals surface area contributed by atoms with Gasteiger partial charge in [0, 0.05) is 25.2 Å². The molecule has 0 unspecified atom stereocenters. The van der Waals surface area contributed by atoms with E-state index >= 15 is 0 Å². The van der Waals surface area contributed by atoms with E-state index in [9.17, 15) is 19.4 Å². The first-order chi connectivity index (χ1) is 17.3. The first kappa shape index (κ1) is 22.5. The summed E-state index contributed by atoms with van der Waals surface area (Å²) < 4.78 is 20.3. The van der Waals surface area contributed by atoms with Crippen LogP contribution in [-0.2, 0) is 23.1 Å². The molecule has 2 N–H and O–H groups in total. The van der Waals surface area contributed by atoms with Crippen molar-refractivity contribution in [1.82, 2.24) is 9.80 Å². The summed E-state index contributed by atoms with van der Waals surface area (Å²) in [6.07, 6.45) is 4.90. The van der Waals surface area contributed by atoms with Crippen LogP contribution in [0.15, 0.2) is 36.4 Å². The first-order valence-electron chi connectivity index (χ1n) is 13.3. The van der Waals surface area contributed by atoms with Crippen molar-refractivity contribution in [2.24, 2.45) is 5.92 Å². The molecule has 1 saturated heterocycles. The Hall–Kier alpha value is -2.64. The number of hydrogen-bond acceptors (Lipinski definition) is 5. The lowest BCUT2D eigenvalue weighted by molar-refractivity contribution is -0.200. The normalized spacial score (nSPS) is 34.1. The number of hydrogen-bond donors (Lipinski definition) is 2. The minimum absolute atomic E-state index is 0.00944. The number of phenolic OH excluding ortho intramolecular Hbond substituents is 1. The van der Waals surface area contributed by atoms with Crippen LogP contribution in [-0.4, -0.2) is 69.8 Å². The van der Waals surface area contributed by atoms with Gasteiger partial charge in [0.15, 0.2) is 11.5 Å². The molecule has 2 bridgehead atoms.